The third-order valence-corrected chi connectivity index (χ3v) is 9.83. The van der Waals surface area contributed by atoms with Gasteiger partial charge in [0.25, 0.3) is 0 Å². The molecule has 0 aliphatic heterocycles. The van der Waals surface area contributed by atoms with Gasteiger partial charge in [0.1, 0.15) is 6.10 Å². The second kappa shape index (κ2) is 41.6. The number of hydrogen-bond donors (Lipinski definition) is 1. The maximum atomic E-state index is 12.7. The van der Waals surface area contributed by atoms with Crippen LogP contribution in [0, 0.1) is 0 Å². The Balaban J connectivity index is 3.93. The van der Waals surface area contributed by atoms with Gasteiger partial charge < -0.3 is 9.84 Å². The zero-order chi connectivity index (χ0) is 36.4. The summed E-state index contributed by atoms with van der Waals surface area (Å²) in [5, 5.41) is 8.74. The molecule has 4 heteroatoms. The van der Waals surface area contributed by atoms with Crippen molar-refractivity contribution in [2.45, 2.75) is 245 Å². The first kappa shape index (κ1) is 48.2. The number of hydrogen-bond acceptors (Lipinski definition) is 3. The topological polar surface area (TPSA) is 63.6 Å². The maximum Gasteiger partial charge on any atom is 0.306 e. The average Bonchev–Trinajstić information content (AvgIpc) is 3.10. The van der Waals surface area contributed by atoms with Crippen LogP contribution in [0.25, 0.3) is 0 Å². The van der Waals surface area contributed by atoms with Gasteiger partial charge >= 0.3 is 11.9 Å². The summed E-state index contributed by atoms with van der Waals surface area (Å²) in [6.45, 7) is 4.52. The first-order valence-corrected chi connectivity index (χ1v) is 22.0. The normalized spacial score (nSPS) is 12.5. The van der Waals surface area contributed by atoms with E-state index in [1.807, 2.05) is 0 Å². The van der Waals surface area contributed by atoms with E-state index in [2.05, 4.69) is 50.3 Å². The smallest absolute Gasteiger partial charge is 0.306 e. The van der Waals surface area contributed by atoms with Crippen LogP contribution >= 0.6 is 0 Å². The summed E-state index contributed by atoms with van der Waals surface area (Å²) >= 11 is 0. The van der Waals surface area contributed by atoms with Crippen molar-refractivity contribution in [3.05, 3.63) is 36.5 Å². The number of aliphatic carboxylic acids is 1. The summed E-state index contributed by atoms with van der Waals surface area (Å²) in [6.07, 6.45) is 54.7. The minimum atomic E-state index is -0.678. The summed E-state index contributed by atoms with van der Waals surface area (Å²) < 4.78 is 6.04. The van der Waals surface area contributed by atoms with Crippen LogP contribution in [0.15, 0.2) is 36.5 Å². The van der Waals surface area contributed by atoms with Crippen LogP contribution < -0.4 is 0 Å². The molecule has 0 radical (unpaired) electrons. The van der Waals surface area contributed by atoms with E-state index in [9.17, 15) is 9.59 Å². The standard InChI is InChI=1S/C46H84O4/c1-3-5-7-9-11-12-13-14-15-16-17-18-19-20-21-22-23-27-31-35-39-43-46(49)50-44(40-36-32-28-10-8-6-4-2)41-37-33-29-25-24-26-30-34-38-42-45(47)48/h11-12,14-15,20-21,44H,3-10,13,16-19,22-43H2,1-2H3,(H,47,48)/b12-11-,15-14-,21-20-. The lowest BCUT2D eigenvalue weighted by Crippen LogP contribution is -2.18. The third-order valence-electron chi connectivity index (χ3n) is 9.83. The number of carboxylic acids is 1. The Hall–Kier alpha value is -1.84. The van der Waals surface area contributed by atoms with Crippen LogP contribution in [0.2, 0.25) is 0 Å². The largest absolute Gasteiger partial charge is 0.481 e. The summed E-state index contributed by atoms with van der Waals surface area (Å²) in [7, 11) is 0. The van der Waals surface area contributed by atoms with E-state index in [-0.39, 0.29) is 12.1 Å². The number of carbonyl (C=O) groups excluding carboxylic acids is 1. The SMILES string of the molecule is CCCCC/C=C\C/C=C\CCCC/C=C\CCCCCCCC(=O)OC(CCCCCCCCC)CCCCCCCCCCCC(=O)O. The van der Waals surface area contributed by atoms with Crippen molar-refractivity contribution < 1.29 is 19.4 Å². The number of allylic oxidation sites excluding steroid dienone is 6. The predicted octanol–water partition coefficient (Wildman–Crippen LogP) is 15.3. The quantitative estimate of drug-likeness (QED) is 0.0393. The van der Waals surface area contributed by atoms with Gasteiger partial charge in [0.05, 0.1) is 0 Å². The van der Waals surface area contributed by atoms with Crippen LogP contribution in [0.5, 0.6) is 0 Å². The highest BCUT2D eigenvalue weighted by Gasteiger charge is 2.14. The number of ether oxygens (including phenoxy) is 1. The molecular weight excluding hydrogens is 617 g/mol. The van der Waals surface area contributed by atoms with Crippen LogP contribution in [0.1, 0.15) is 239 Å². The molecule has 0 rings (SSSR count). The number of esters is 1. The Kier molecular flexibility index (Phi) is 40.0. The predicted molar refractivity (Wildman–Crippen MR) is 218 cm³/mol. The van der Waals surface area contributed by atoms with Gasteiger partial charge in [0.2, 0.25) is 0 Å². The van der Waals surface area contributed by atoms with Crippen molar-refractivity contribution >= 4 is 11.9 Å². The summed E-state index contributed by atoms with van der Waals surface area (Å²) in [6, 6.07) is 0. The number of unbranched alkanes of at least 4 members (excludes halogenated alkanes) is 25. The zero-order valence-corrected chi connectivity index (χ0v) is 33.5. The Labute approximate surface area is 311 Å². The van der Waals surface area contributed by atoms with Crippen molar-refractivity contribution in [2.24, 2.45) is 0 Å². The third kappa shape index (κ3) is 40.6. The molecule has 0 aromatic rings. The van der Waals surface area contributed by atoms with Gasteiger partial charge in [-0.1, -0.05) is 166 Å². The van der Waals surface area contributed by atoms with Gasteiger partial charge in [-0.2, -0.15) is 0 Å². The lowest BCUT2D eigenvalue weighted by molar-refractivity contribution is -0.150. The van der Waals surface area contributed by atoms with Crippen molar-refractivity contribution in [1.29, 1.82) is 0 Å². The fourth-order valence-electron chi connectivity index (χ4n) is 6.56. The van der Waals surface area contributed by atoms with E-state index in [4.69, 9.17) is 9.84 Å². The molecule has 1 atom stereocenters. The highest BCUT2D eigenvalue weighted by Crippen LogP contribution is 2.19. The molecule has 0 fully saturated rings. The average molecular weight is 701 g/mol. The molecule has 50 heavy (non-hydrogen) atoms. The molecule has 292 valence electrons. The molecule has 1 N–H and O–H groups in total. The molecule has 0 aliphatic carbocycles. The van der Waals surface area contributed by atoms with Gasteiger partial charge in [-0.25, -0.2) is 0 Å². The molecule has 4 nitrogen and oxygen atoms in total. The fraction of sp³-hybridized carbons (Fsp3) is 0.826. The molecule has 0 saturated carbocycles. The molecule has 0 amide bonds. The Morgan fingerprint density at radius 2 is 0.780 bits per heavy atom. The number of carboxylic acid groups (broad SMARTS) is 1. The molecular formula is C46H84O4. The molecule has 0 aromatic carbocycles. The Morgan fingerprint density at radius 1 is 0.440 bits per heavy atom. The molecule has 0 spiro atoms. The summed E-state index contributed by atoms with van der Waals surface area (Å²) in [4.78, 5) is 23.3. The van der Waals surface area contributed by atoms with E-state index >= 15 is 0 Å². The van der Waals surface area contributed by atoms with Gasteiger partial charge in [0.15, 0.2) is 0 Å². The Bertz CT molecular complexity index is 798. The van der Waals surface area contributed by atoms with Crippen LogP contribution in [0.4, 0.5) is 0 Å². The van der Waals surface area contributed by atoms with Crippen LogP contribution in [0.3, 0.4) is 0 Å². The second-order valence-corrected chi connectivity index (χ2v) is 14.9. The second-order valence-electron chi connectivity index (χ2n) is 14.9. The minimum absolute atomic E-state index is 0.0221. The van der Waals surface area contributed by atoms with E-state index in [1.165, 1.54) is 154 Å². The van der Waals surface area contributed by atoms with Gasteiger partial charge in [-0.05, 0) is 96.3 Å². The van der Waals surface area contributed by atoms with E-state index in [0.717, 1.165) is 57.8 Å². The van der Waals surface area contributed by atoms with E-state index in [1.54, 1.807) is 0 Å². The molecule has 0 aliphatic rings. The van der Waals surface area contributed by atoms with E-state index in [0.29, 0.717) is 12.8 Å². The number of carbonyl (C=O) groups is 2. The van der Waals surface area contributed by atoms with Gasteiger partial charge in [-0.15, -0.1) is 0 Å². The van der Waals surface area contributed by atoms with E-state index < -0.39 is 5.97 Å². The zero-order valence-electron chi connectivity index (χ0n) is 33.5. The van der Waals surface area contributed by atoms with Crippen molar-refractivity contribution in [3.63, 3.8) is 0 Å². The first-order chi connectivity index (χ1) is 24.6. The number of rotatable bonds is 40. The maximum absolute atomic E-state index is 12.7. The lowest BCUT2D eigenvalue weighted by Gasteiger charge is -2.18. The molecule has 0 saturated heterocycles. The molecule has 0 bridgehead atoms. The van der Waals surface area contributed by atoms with Crippen molar-refractivity contribution in [2.75, 3.05) is 0 Å². The minimum Gasteiger partial charge on any atom is -0.481 e. The lowest BCUT2D eigenvalue weighted by atomic mass is 10.0. The fourth-order valence-corrected chi connectivity index (χ4v) is 6.56. The van der Waals surface area contributed by atoms with Gasteiger partial charge in [-0.3, -0.25) is 9.59 Å². The Morgan fingerprint density at radius 3 is 1.26 bits per heavy atom. The van der Waals surface area contributed by atoms with Gasteiger partial charge in [0, 0.05) is 12.8 Å². The van der Waals surface area contributed by atoms with Crippen molar-refractivity contribution in [1.82, 2.24) is 0 Å². The molecule has 1 unspecified atom stereocenters. The highest BCUT2D eigenvalue weighted by atomic mass is 16.5. The van der Waals surface area contributed by atoms with Crippen LogP contribution in [-0.2, 0) is 14.3 Å². The van der Waals surface area contributed by atoms with Crippen molar-refractivity contribution in [3.8, 4) is 0 Å². The summed E-state index contributed by atoms with van der Waals surface area (Å²) in [5.41, 5.74) is 0. The van der Waals surface area contributed by atoms with Crippen LogP contribution in [-0.4, -0.2) is 23.1 Å². The first-order valence-electron chi connectivity index (χ1n) is 22.0. The highest BCUT2D eigenvalue weighted by molar-refractivity contribution is 5.69. The molecule has 0 heterocycles. The summed E-state index contributed by atoms with van der Waals surface area (Å²) in [5.74, 6) is -0.656. The monoisotopic (exact) mass is 701 g/mol. The molecule has 0 aromatic heterocycles.